The highest BCUT2D eigenvalue weighted by Crippen LogP contribution is 2.31. The molecule has 14 heteroatoms. The van der Waals surface area contributed by atoms with E-state index in [0.717, 1.165) is 24.3 Å². The van der Waals surface area contributed by atoms with Crippen molar-refractivity contribution in [3.63, 3.8) is 0 Å². The summed E-state index contributed by atoms with van der Waals surface area (Å²) in [6.07, 6.45) is 0.153. The van der Waals surface area contributed by atoms with Crippen molar-refractivity contribution in [3.05, 3.63) is 129 Å². The van der Waals surface area contributed by atoms with E-state index in [9.17, 15) is 53.5 Å². The molecular weight excluding hydrogens is 578 g/mol. The highest BCUT2D eigenvalue weighted by molar-refractivity contribution is 5.91. The first-order valence-corrected chi connectivity index (χ1v) is 11.0. The Morgan fingerprint density at radius 2 is 0.659 bits per heavy atom. The van der Waals surface area contributed by atoms with Gasteiger partial charge in [-0.25, -0.2) is 35.9 Å². The molecule has 4 rings (SSSR count). The van der Waals surface area contributed by atoms with Gasteiger partial charge in [-0.15, -0.1) is 0 Å². The standard InChI is InChI=1S/C27H10F10O4/c28-14-16(30)20(34)24(21(35)17(14)31)40-26(38)12-5-1-10(2-6-12)9-11-3-7-13(8-4-11)27(39)41-25-22(36)18(32)15(29)19(33)23(25)37/h1-8H,9H2. The molecule has 0 atom stereocenters. The molecule has 0 fully saturated rings. The molecule has 0 saturated carbocycles. The quantitative estimate of drug-likeness (QED) is 0.0793. The Balaban J connectivity index is 1.43. The summed E-state index contributed by atoms with van der Waals surface area (Å²) in [5.41, 5.74) is 0.442. The van der Waals surface area contributed by atoms with Crippen molar-refractivity contribution in [1.29, 1.82) is 0 Å². The molecule has 4 aromatic carbocycles. The first-order chi connectivity index (χ1) is 19.3. The van der Waals surface area contributed by atoms with Gasteiger partial charge in [-0.1, -0.05) is 24.3 Å². The Kier molecular flexibility index (Phi) is 8.03. The van der Waals surface area contributed by atoms with Crippen molar-refractivity contribution >= 4 is 11.9 Å². The second kappa shape index (κ2) is 11.3. The SMILES string of the molecule is O=C(Oc1c(F)c(F)c(F)c(F)c1F)c1ccc(Cc2ccc(C(=O)Oc3c(F)c(F)c(F)c(F)c3F)cc2)cc1. The third-order valence-corrected chi connectivity index (χ3v) is 5.52. The maximum atomic E-state index is 13.8. The topological polar surface area (TPSA) is 52.6 Å². The second-order valence-corrected chi connectivity index (χ2v) is 8.15. The lowest BCUT2D eigenvalue weighted by Crippen LogP contribution is -2.14. The summed E-state index contributed by atoms with van der Waals surface area (Å²) in [5.74, 6) is -29.7. The summed E-state index contributed by atoms with van der Waals surface area (Å²) in [7, 11) is 0. The van der Waals surface area contributed by atoms with Gasteiger partial charge < -0.3 is 9.47 Å². The van der Waals surface area contributed by atoms with Crippen LogP contribution < -0.4 is 9.47 Å². The molecule has 0 aromatic heterocycles. The number of carbonyl (C=O) groups is 2. The van der Waals surface area contributed by atoms with Gasteiger partial charge in [-0.3, -0.25) is 0 Å². The van der Waals surface area contributed by atoms with Crippen LogP contribution in [0.25, 0.3) is 0 Å². The molecule has 0 radical (unpaired) electrons. The van der Waals surface area contributed by atoms with Gasteiger partial charge in [0.2, 0.25) is 69.7 Å². The molecular formula is C27H10F10O4. The highest BCUT2D eigenvalue weighted by atomic mass is 19.2. The normalized spacial score (nSPS) is 11.0. The Morgan fingerprint density at radius 1 is 0.415 bits per heavy atom. The van der Waals surface area contributed by atoms with Crippen molar-refractivity contribution < 1.29 is 63.0 Å². The molecule has 0 unspecified atom stereocenters. The van der Waals surface area contributed by atoms with E-state index in [1.807, 2.05) is 0 Å². The van der Waals surface area contributed by atoms with E-state index < -0.39 is 81.6 Å². The first-order valence-electron chi connectivity index (χ1n) is 11.0. The number of halogens is 10. The monoisotopic (exact) mass is 588 g/mol. The Morgan fingerprint density at radius 3 is 0.927 bits per heavy atom. The van der Waals surface area contributed by atoms with Gasteiger partial charge in [0.1, 0.15) is 0 Å². The Bertz CT molecular complexity index is 1500. The largest absolute Gasteiger partial charge is 0.416 e. The smallest absolute Gasteiger partial charge is 0.343 e. The van der Waals surface area contributed by atoms with Gasteiger partial charge in [0, 0.05) is 0 Å². The lowest BCUT2D eigenvalue weighted by atomic mass is 10.0. The fraction of sp³-hybridized carbons (Fsp3) is 0.0370. The molecule has 0 aliphatic rings. The molecule has 0 N–H and O–H groups in total. The van der Waals surface area contributed by atoms with Crippen LogP contribution in [0.1, 0.15) is 31.8 Å². The van der Waals surface area contributed by atoms with E-state index >= 15 is 0 Å². The lowest BCUT2D eigenvalue weighted by Gasteiger charge is -2.10. The zero-order chi connectivity index (χ0) is 30.2. The Labute approximate surface area is 222 Å². The molecule has 0 bridgehead atoms. The zero-order valence-electron chi connectivity index (χ0n) is 19.7. The van der Waals surface area contributed by atoms with Crippen LogP contribution in [0.3, 0.4) is 0 Å². The predicted molar refractivity (Wildman–Crippen MR) is 118 cm³/mol. The summed E-state index contributed by atoms with van der Waals surface area (Å²) in [6, 6.07) is 10.00. The average Bonchev–Trinajstić information content (AvgIpc) is 2.98. The van der Waals surface area contributed by atoms with Gasteiger partial charge >= 0.3 is 11.9 Å². The molecule has 4 nitrogen and oxygen atoms in total. The molecule has 0 heterocycles. The van der Waals surface area contributed by atoms with Crippen LogP contribution in [0.2, 0.25) is 0 Å². The summed E-state index contributed by atoms with van der Waals surface area (Å²) in [6.45, 7) is 0. The van der Waals surface area contributed by atoms with E-state index in [0.29, 0.717) is 11.1 Å². The summed E-state index contributed by atoms with van der Waals surface area (Å²) < 4.78 is 143. The predicted octanol–water partition coefficient (Wildman–Crippen LogP) is 7.11. The third kappa shape index (κ3) is 5.58. The van der Waals surface area contributed by atoms with Crippen LogP contribution in [0.4, 0.5) is 43.9 Å². The average molecular weight is 588 g/mol. The molecule has 0 saturated heterocycles. The molecule has 4 aromatic rings. The number of ether oxygens (including phenoxy) is 2. The van der Waals surface area contributed by atoms with Gasteiger partial charge in [0.05, 0.1) is 11.1 Å². The van der Waals surface area contributed by atoms with Gasteiger partial charge in [-0.05, 0) is 41.8 Å². The minimum atomic E-state index is -2.42. The number of rotatable bonds is 6. The summed E-state index contributed by atoms with van der Waals surface area (Å²) >= 11 is 0. The van der Waals surface area contributed by atoms with Gasteiger partial charge in [0.15, 0.2) is 0 Å². The molecule has 212 valence electrons. The molecule has 0 aliphatic carbocycles. The van der Waals surface area contributed by atoms with E-state index in [4.69, 9.17) is 0 Å². The van der Waals surface area contributed by atoms with Crippen LogP contribution in [0.15, 0.2) is 48.5 Å². The van der Waals surface area contributed by atoms with E-state index in [-0.39, 0.29) is 17.5 Å². The third-order valence-electron chi connectivity index (χ3n) is 5.52. The van der Waals surface area contributed by atoms with Crippen LogP contribution >= 0.6 is 0 Å². The number of esters is 2. The van der Waals surface area contributed by atoms with Crippen LogP contribution in [-0.4, -0.2) is 11.9 Å². The Hall–Kier alpha value is -4.88. The lowest BCUT2D eigenvalue weighted by molar-refractivity contribution is 0.0707. The minimum absolute atomic E-state index is 0.153. The van der Waals surface area contributed by atoms with Crippen molar-refractivity contribution in [2.75, 3.05) is 0 Å². The minimum Gasteiger partial charge on any atom is -0.416 e. The molecule has 41 heavy (non-hydrogen) atoms. The fourth-order valence-electron chi connectivity index (χ4n) is 3.41. The maximum Gasteiger partial charge on any atom is 0.343 e. The van der Waals surface area contributed by atoms with Gasteiger partial charge in [-0.2, -0.15) is 17.6 Å². The second-order valence-electron chi connectivity index (χ2n) is 8.15. The maximum absolute atomic E-state index is 13.8. The number of hydrogen-bond acceptors (Lipinski definition) is 4. The number of benzene rings is 4. The molecule has 0 aliphatic heterocycles. The summed E-state index contributed by atoms with van der Waals surface area (Å²) in [5, 5.41) is 0. The highest BCUT2D eigenvalue weighted by Gasteiger charge is 2.30. The molecule has 0 spiro atoms. The van der Waals surface area contributed by atoms with Crippen molar-refractivity contribution in [3.8, 4) is 11.5 Å². The van der Waals surface area contributed by atoms with Crippen molar-refractivity contribution in [2.24, 2.45) is 0 Å². The first kappa shape index (κ1) is 29.1. The van der Waals surface area contributed by atoms with E-state index in [1.54, 1.807) is 0 Å². The van der Waals surface area contributed by atoms with E-state index in [2.05, 4.69) is 9.47 Å². The van der Waals surface area contributed by atoms with Crippen molar-refractivity contribution in [1.82, 2.24) is 0 Å². The summed E-state index contributed by atoms with van der Waals surface area (Å²) in [4.78, 5) is 24.4. The fourth-order valence-corrected chi connectivity index (χ4v) is 3.41. The zero-order valence-corrected chi connectivity index (χ0v) is 19.7. The number of hydrogen-bond donors (Lipinski definition) is 0. The van der Waals surface area contributed by atoms with Crippen LogP contribution in [0, 0.1) is 58.2 Å². The van der Waals surface area contributed by atoms with Gasteiger partial charge in [0.25, 0.3) is 0 Å². The van der Waals surface area contributed by atoms with Crippen LogP contribution in [0.5, 0.6) is 11.5 Å². The van der Waals surface area contributed by atoms with Crippen molar-refractivity contribution in [2.45, 2.75) is 6.42 Å². The number of carbonyl (C=O) groups excluding carboxylic acids is 2. The van der Waals surface area contributed by atoms with Crippen LogP contribution in [-0.2, 0) is 6.42 Å². The van der Waals surface area contributed by atoms with E-state index in [1.165, 1.54) is 24.3 Å². The molecule has 0 amide bonds.